The predicted octanol–water partition coefficient (Wildman–Crippen LogP) is 3.66. The SMILES string of the molecule is CCCc1ccc(OCCNC(=O)[C@@H]2CN(S(C)(=O)=O)c3cc(C(C)(C)C)ccc3O2)cc1. The monoisotopic (exact) mass is 474 g/mol. The number of aryl methyl sites for hydroxylation is 1. The number of anilines is 1. The molecule has 2 aromatic rings. The topological polar surface area (TPSA) is 84.9 Å². The largest absolute Gasteiger partial charge is 0.492 e. The van der Waals surface area contributed by atoms with Gasteiger partial charge < -0.3 is 14.8 Å². The smallest absolute Gasteiger partial charge is 0.263 e. The summed E-state index contributed by atoms with van der Waals surface area (Å²) in [5, 5.41) is 2.78. The fraction of sp³-hybridized carbons (Fsp3) is 0.480. The van der Waals surface area contributed by atoms with Crippen molar-refractivity contribution in [2.45, 2.75) is 52.1 Å². The lowest BCUT2D eigenvalue weighted by Crippen LogP contribution is -2.51. The predicted molar refractivity (Wildman–Crippen MR) is 131 cm³/mol. The highest BCUT2D eigenvalue weighted by Crippen LogP contribution is 2.38. The molecule has 0 fully saturated rings. The molecule has 0 radical (unpaired) electrons. The van der Waals surface area contributed by atoms with Crippen LogP contribution in [0.5, 0.6) is 11.5 Å². The number of rotatable bonds is 8. The quantitative estimate of drug-likeness (QED) is 0.590. The van der Waals surface area contributed by atoms with E-state index in [0.29, 0.717) is 18.0 Å². The van der Waals surface area contributed by atoms with E-state index in [9.17, 15) is 13.2 Å². The van der Waals surface area contributed by atoms with Crippen LogP contribution in [-0.4, -0.2) is 46.4 Å². The zero-order chi connectivity index (χ0) is 24.2. The van der Waals surface area contributed by atoms with Crippen molar-refractivity contribution in [1.29, 1.82) is 0 Å². The average molecular weight is 475 g/mol. The Morgan fingerprint density at radius 1 is 1.18 bits per heavy atom. The third-order valence-corrected chi connectivity index (χ3v) is 6.67. The van der Waals surface area contributed by atoms with Crippen molar-refractivity contribution >= 4 is 21.6 Å². The van der Waals surface area contributed by atoms with Gasteiger partial charge in [-0.2, -0.15) is 0 Å². The first-order valence-electron chi connectivity index (χ1n) is 11.3. The van der Waals surface area contributed by atoms with Gasteiger partial charge in [0, 0.05) is 0 Å². The van der Waals surface area contributed by atoms with Gasteiger partial charge >= 0.3 is 0 Å². The van der Waals surface area contributed by atoms with E-state index in [1.165, 1.54) is 9.87 Å². The summed E-state index contributed by atoms with van der Waals surface area (Å²) in [4.78, 5) is 12.7. The summed E-state index contributed by atoms with van der Waals surface area (Å²) in [6.07, 6.45) is 2.32. The van der Waals surface area contributed by atoms with Crippen LogP contribution in [-0.2, 0) is 26.7 Å². The second-order valence-corrected chi connectivity index (χ2v) is 11.3. The molecule has 0 saturated heterocycles. The number of ether oxygens (including phenoxy) is 2. The summed E-state index contributed by atoms with van der Waals surface area (Å²) >= 11 is 0. The molecule has 0 saturated carbocycles. The summed E-state index contributed by atoms with van der Waals surface area (Å²) in [6, 6.07) is 13.4. The van der Waals surface area contributed by atoms with E-state index in [1.807, 2.05) is 36.4 Å². The van der Waals surface area contributed by atoms with Gasteiger partial charge in [-0.3, -0.25) is 9.10 Å². The molecule has 8 heteroatoms. The van der Waals surface area contributed by atoms with Crippen LogP contribution in [0.1, 0.15) is 45.2 Å². The van der Waals surface area contributed by atoms with Gasteiger partial charge in [0.25, 0.3) is 5.91 Å². The van der Waals surface area contributed by atoms with E-state index < -0.39 is 16.1 Å². The Balaban J connectivity index is 1.62. The lowest BCUT2D eigenvalue weighted by atomic mass is 9.86. The first-order chi connectivity index (χ1) is 15.5. The highest BCUT2D eigenvalue weighted by Gasteiger charge is 2.35. The number of sulfonamides is 1. The molecule has 33 heavy (non-hydrogen) atoms. The fourth-order valence-corrected chi connectivity index (χ4v) is 4.57. The number of fused-ring (bicyclic) bond motifs is 1. The van der Waals surface area contributed by atoms with Crippen LogP contribution in [0.3, 0.4) is 0 Å². The molecule has 0 unspecified atom stereocenters. The van der Waals surface area contributed by atoms with Gasteiger partial charge in [0.2, 0.25) is 10.0 Å². The molecule has 1 heterocycles. The van der Waals surface area contributed by atoms with Crippen molar-refractivity contribution in [3.8, 4) is 11.5 Å². The van der Waals surface area contributed by atoms with Gasteiger partial charge in [0.05, 0.1) is 25.0 Å². The van der Waals surface area contributed by atoms with Crippen LogP contribution < -0.4 is 19.1 Å². The van der Waals surface area contributed by atoms with E-state index in [4.69, 9.17) is 9.47 Å². The normalized spacial score (nSPS) is 16.0. The fourth-order valence-electron chi connectivity index (χ4n) is 3.67. The van der Waals surface area contributed by atoms with E-state index in [2.05, 4.69) is 33.0 Å². The van der Waals surface area contributed by atoms with Crippen LogP contribution in [0.15, 0.2) is 42.5 Å². The third-order valence-electron chi connectivity index (χ3n) is 5.52. The van der Waals surface area contributed by atoms with Crippen molar-refractivity contribution in [2.75, 3.05) is 30.3 Å². The first-order valence-corrected chi connectivity index (χ1v) is 13.1. The number of amides is 1. The van der Waals surface area contributed by atoms with Crippen molar-refractivity contribution < 1.29 is 22.7 Å². The molecule has 1 atom stereocenters. The van der Waals surface area contributed by atoms with Gasteiger partial charge in [0.1, 0.15) is 18.1 Å². The molecule has 1 aliphatic rings. The molecular formula is C25H34N2O5S. The van der Waals surface area contributed by atoms with E-state index in [0.717, 1.165) is 30.4 Å². The van der Waals surface area contributed by atoms with Crippen LogP contribution >= 0.6 is 0 Å². The molecule has 3 rings (SSSR count). The summed E-state index contributed by atoms with van der Waals surface area (Å²) in [5.74, 6) is 0.740. The minimum atomic E-state index is -3.59. The average Bonchev–Trinajstić information content (AvgIpc) is 2.75. The number of nitrogens with one attached hydrogen (secondary N) is 1. The van der Waals surface area contributed by atoms with Crippen molar-refractivity contribution in [3.05, 3.63) is 53.6 Å². The molecule has 0 bridgehead atoms. The van der Waals surface area contributed by atoms with Crippen LogP contribution in [0.4, 0.5) is 5.69 Å². The van der Waals surface area contributed by atoms with E-state index in [1.54, 1.807) is 6.07 Å². The summed E-state index contributed by atoms with van der Waals surface area (Å²) in [6.45, 7) is 8.81. The Bertz CT molecular complexity index is 1070. The molecule has 2 aromatic carbocycles. The summed E-state index contributed by atoms with van der Waals surface area (Å²) in [5.41, 5.74) is 2.56. The van der Waals surface area contributed by atoms with E-state index >= 15 is 0 Å². The number of hydrogen-bond donors (Lipinski definition) is 1. The molecule has 0 aliphatic carbocycles. The summed E-state index contributed by atoms with van der Waals surface area (Å²) < 4.78 is 37.8. The Morgan fingerprint density at radius 3 is 2.48 bits per heavy atom. The Morgan fingerprint density at radius 2 is 1.88 bits per heavy atom. The highest BCUT2D eigenvalue weighted by molar-refractivity contribution is 7.92. The molecule has 1 aliphatic heterocycles. The number of benzene rings is 2. The molecule has 7 nitrogen and oxygen atoms in total. The molecule has 180 valence electrons. The Kier molecular flexibility index (Phi) is 7.57. The Hall–Kier alpha value is -2.74. The van der Waals surface area contributed by atoms with Gasteiger partial charge in [-0.25, -0.2) is 8.42 Å². The molecular weight excluding hydrogens is 440 g/mol. The van der Waals surface area contributed by atoms with Crippen LogP contribution in [0.25, 0.3) is 0 Å². The van der Waals surface area contributed by atoms with Crippen molar-refractivity contribution in [2.24, 2.45) is 0 Å². The Labute approximate surface area is 197 Å². The van der Waals surface area contributed by atoms with Gasteiger partial charge in [-0.1, -0.05) is 52.3 Å². The second kappa shape index (κ2) is 10.0. The van der Waals surface area contributed by atoms with Gasteiger partial charge in [0.15, 0.2) is 6.10 Å². The van der Waals surface area contributed by atoms with Crippen LogP contribution in [0.2, 0.25) is 0 Å². The number of carbonyl (C=O) groups is 1. The number of hydrogen-bond acceptors (Lipinski definition) is 5. The zero-order valence-corrected chi connectivity index (χ0v) is 20.9. The molecule has 1 N–H and O–H groups in total. The van der Waals surface area contributed by atoms with Gasteiger partial charge in [-0.15, -0.1) is 0 Å². The second-order valence-electron chi connectivity index (χ2n) is 9.37. The minimum Gasteiger partial charge on any atom is -0.492 e. The third kappa shape index (κ3) is 6.41. The number of nitrogens with zero attached hydrogens (tertiary/aromatic N) is 1. The number of carbonyl (C=O) groups excluding carboxylic acids is 1. The van der Waals surface area contributed by atoms with Crippen molar-refractivity contribution in [1.82, 2.24) is 5.32 Å². The summed E-state index contributed by atoms with van der Waals surface area (Å²) in [7, 11) is -3.59. The maximum Gasteiger partial charge on any atom is 0.263 e. The maximum absolute atomic E-state index is 12.7. The highest BCUT2D eigenvalue weighted by atomic mass is 32.2. The lowest BCUT2D eigenvalue weighted by Gasteiger charge is -2.35. The molecule has 1 amide bonds. The van der Waals surface area contributed by atoms with Crippen molar-refractivity contribution in [3.63, 3.8) is 0 Å². The first kappa shape index (κ1) is 24.9. The standard InChI is InChI=1S/C25H34N2O5S/c1-6-7-18-8-11-20(12-9-18)31-15-14-26-24(28)23-17-27(33(5,29)30)21-16-19(25(2,3)4)10-13-22(21)32-23/h8-13,16,23H,6-7,14-15,17H2,1-5H3,(H,26,28)/t23-/m0/s1. The zero-order valence-electron chi connectivity index (χ0n) is 20.1. The van der Waals surface area contributed by atoms with E-state index in [-0.39, 0.29) is 24.4 Å². The maximum atomic E-state index is 12.7. The van der Waals surface area contributed by atoms with Crippen LogP contribution in [0, 0.1) is 0 Å². The minimum absolute atomic E-state index is 0.0784. The van der Waals surface area contributed by atoms with Gasteiger partial charge in [-0.05, 0) is 47.2 Å². The lowest BCUT2D eigenvalue weighted by molar-refractivity contribution is -0.127. The molecule has 0 spiro atoms. The molecule has 0 aromatic heterocycles.